The molecule has 7 heteroatoms. The minimum atomic E-state index is -0.00362. The van der Waals surface area contributed by atoms with E-state index in [-0.39, 0.29) is 11.9 Å². The van der Waals surface area contributed by atoms with Gasteiger partial charge in [-0.25, -0.2) is 4.98 Å². The van der Waals surface area contributed by atoms with Gasteiger partial charge < -0.3 is 11.1 Å². The number of aromatic nitrogens is 4. The summed E-state index contributed by atoms with van der Waals surface area (Å²) >= 11 is 0. The lowest BCUT2D eigenvalue weighted by Gasteiger charge is -2.11. The molecule has 114 valence electrons. The fourth-order valence-corrected chi connectivity index (χ4v) is 2.20. The Labute approximate surface area is 124 Å². The predicted molar refractivity (Wildman–Crippen MR) is 80.8 cm³/mol. The van der Waals surface area contributed by atoms with Gasteiger partial charge in [-0.15, -0.1) is 5.10 Å². The average molecular weight is 290 g/mol. The van der Waals surface area contributed by atoms with Crippen molar-refractivity contribution in [3.05, 3.63) is 17.0 Å². The number of amides is 1. The lowest BCUT2D eigenvalue weighted by molar-refractivity contribution is -0.120. The van der Waals surface area contributed by atoms with E-state index in [4.69, 9.17) is 5.73 Å². The van der Waals surface area contributed by atoms with Crippen LogP contribution in [0.1, 0.15) is 37.2 Å². The van der Waals surface area contributed by atoms with Crippen LogP contribution in [0.25, 0.3) is 5.78 Å². The van der Waals surface area contributed by atoms with Crippen LogP contribution in [0.4, 0.5) is 5.95 Å². The Morgan fingerprint density at radius 3 is 2.71 bits per heavy atom. The lowest BCUT2D eigenvalue weighted by atomic mass is 10.1. The standard InChI is InChI=1S/C14H22N6O/c1-8(2)5-6-16-12(21)7-11-9(3)17-14-18-13(15)19-20(14)10(11)4/h8H,5-7H2,1-4H3,(H2,15,19)(H,16,21). The Bertz CT molecular complexity index is 661. The number of aryl methyl sites for hydroxylation is 2. The van der Waals surface area contributed by atoms with E-state index in [1.165, 1.54) is 0 Å². The van der Waals surface area contributed by atoms with Gasteiger partial charge in [-0.1, -0.05) is 13.8 Å². The summed E-state index contributed by atoms with van der Waals surface area (Å²) in [7, 11) is 0. The highest BCUT2D eigenvalue weighted by Gasteiger charge is 2.15. The van der Waals surface area contributed by atoms with Gasteiger partial charge in [0.2, 0.25) is 11.9 Å². The summed E-state index contributed by atoms with van der Waals surface area (Å²) < 4.78 is 1.58. The highest BCUT2D eigenvalue weighted by Crippen LogP contribution is 2.14. The van der Waals surface area contributed by atoms with Crippen molar-refractivity contribution in [2.24, 2.45) is 5.92 Å². The molecule has 0 unspecified atom stereocenters. The van der Waals surface area contributed by atoms with E-state index in [1.54, 1.807) is 4.52 Å². The van der Waals surface area contributed by atoms with Crippen LogP contribution < -0.4 is 11.1 Å². The number of fused-ring (bicyclic) bond motifs is 1. The van der Waals surface area contributed by atoms with Gasteiger partial charge in [-0.05, 0) is 26.2 Å². The Balaban J connectivity index is 2.16. The van der Waals surface area contributed by atoms with E-state index in [0.717, 1.165) is 23.4 Å². The Kier molecular flexibility index (Phi) is 4.40. The first kappa shape index (κ1) is 15.2. The monoisotopic (exact) mass is 290 g/mol. The molecule has 0 radical (unpaired) electrons. The summed E-state index contributed by atoms with van der Waals surface area (Å²) in [5.41, 5.74) is 8.09. The topological polar surface area (TPSA) is 98.2 Å². The van der Waals surface area contributed by atoms with Crippen LogP contribution in [0, 0.1) is 19.8 Å². The van der Waals surface area contributed by atoms with Gasteiger partial charge in [0, 0.05) is 23.5 Å². The molecule has 0 atom stereocenters. The number of carbonyl (C=O) groups excluding carboxylic acids is 1. The number of carbonyl (C=O) groups is 1. The van der Waals surface area contributed by atoms with Crippen molar-refractivity contribution in [1.29, 1.82) is 0 Å². The van der Waals surface area contributed by atoms with Crippen molar-refractivity contribution >= 4 is 17.6 Å². The third-order valence-corrected chi connectivity index (χ3v) is 3.45. The third-order valence-electron chi connectivity index (χ3n) is 3.45. The van der Waals surface area contributed by atoms with Gasteiger partial charge in [0.25, 0.3) is 5.78 Å². The van der Waals surface area contributed by atoms with E-state index < -0.39 is 0 Å². The van der Waals surface area contributed by atoms with Crippen molar-refractivity contribution in [2.75, 3.05) is 12.3 Å². The quantitative estimate of drug-likeness (QED) is 0.857. The second kappa shape index (κ2) is 6.07. The maximum atomic E-state index is 12.0. The number of hydrogen-bond donors (Lipinski definition) is 2. The van der Waals surface area contributed by atoms with Crippen LogP contribution >= 0.6 is 0 Å². The van der Waals surface area contributed by atoms with Crippen molar-refractivity contribution in [3.63, 3.8) is 0 Å². The van der Waals surface area contributed by atoms with Gasteiger partial charge in [0.05, 0.1) is 6.42 Å². The molecule has 0 saturated heterocycles. The van der Waals surface area contributed by atoms with Crippen molar-refractivity contribution in [3.8, 4) is 0 Å². The van der Waals surface area contributed by atoms with Crippen LogP contribution in [0.5, 0.6) is 0 Å². The number of nitrogen functional groups attached to an aromatic ring is 1. The second-order valence-electron chi connectivity index (χ2n) is 5.65. The predicted octanol–water partition coefficient (Wildman–Crippen LogP) is 1.03. The molecule has 21 heavy (non-hydrogen) atoms. The van der Waals surface area contributed by atoms with E-state index in [1.807, 2.05) is 13.8 Å². The molecule has 2 aromatic rings. The zero-order valence-electron chi connectivity index (χ0n) is 13.0. The maximum Gasteiger partial charge on any atom is 0.254 e. The molecular formula is C14H22N6O. The van der Waals surface area contributed by atoms with E-state index in [2.05, 4.69) is 34.2 Å². The molecule has 0 bridgehead atoms. The number of anilines is 1. The number of nitrogens with zero attached hydrogens (tertiary/aromatic N) is 4. The molecule has 0 aliphatic rings. The van der Waals surface area contributed by atoms with E-state index >= 15 is 0 Å². The van der Waals surface area contributed by atoms with E-state index in [9.17, 15) is 4.79 Å². The third kappa shape index (κ3) is 3.48. The second-order valence-corrected chi connectivity index (χ2v) is 5.65. The molecule has 2 heterocycles. The maximum absolute atomic E-state index is 12.0. The minimum absolute atomic E-state index is 0.00362. The van der Waals surface area contributed by atoms with Gasteiger partial charge >= 0.3 is 0 Å². The molecule has 1 amide bonds. The van der Waals surface area contributed by atoms with Crippen LogP contribution in [-0.4, -0.2) is 32.0 Å². The Morgan fingerprint density at radius 1 is 1.33 bits per heavy atom. The average Bonchev–Trinajstić information content (AvgIpc) is 2.75. The summed E-state index contributed by atoms with van der Waals surface area (Å²) in [5, 5.41) is 7.03. The zero-order valence-corrected chi connectivity index (χ0v) is 13.0. The first-order valence-corrected chi connectivity index (χ1v) is 7.13. The number of nitrogens with one attached hydrogen (secondary N) is 1. The highest BCUT2D eigenvalue weighted by atomic mass is 16.1. The summed E-state index contributed by atoms with van der Waals surface area (Å²) in [5.74, 6) is 1.22. The summed E-state index contributed by atoms with van der Waals surface area (Å²) in [6, 6.07) is 0. The first-order valence-electron chi connectivity index (χ1n) is 7.13. The largest absolute Gasteiger partial charge is 0.366 e. The first-order chi connectivity index (χ1) is 9.88. The SMILES string of the molecule is Cc1nc2nc(N)nn2c(C)c1CC(=O)NCCC(C)C. The van der Waals surface area contributed by atoms with Gasteiger partial charge in [-0.2, -0.15) is 9.50 Å². The summed E-state index contributed by atoms with van der Waals surface area (Å²) in [6.45, 7) is 8.72. The van der Waals surface area contributed by atoms with Crippen molar-refractivity contribution in [2.45, 2.75) is 40.5 Å². The van der Waals surface area contributed by atoms with Crippen LogP contribution in [0.15, 0.2) is 0 Å². The molecule has 3 N–H and O–H groups in total. The number of rotatable bonds is 5. The fraction of sp³-hybridized carbons (Fsp3) is 0.571. The number of hydrogen-bond acceptors (Lipinski definition) is 5. The van der Waals surface area contributed by atoms with Crippen molar-refractivity contribution in [1.82, 2.24) is 24.9 Å². The van der Waals surface area contributed by atoms with Crippen LogP contribution in [0.3, 0.4) is 0 Å². The van der Waals surface area contributed by atoms with E-state index in [0.29, 0.717) is 24.7 Å². The Hall–Kier alpha value is -2.18. The van der Waals surface area contributed by atoms with Crippen molar-refractivity contribution < 1.29 is 4.79 Å². The van der Waals surface area contributed by atoms with Gasteiger partial charge in [0.1, 0.15) is 0 Å². The van der Waals surface area contributed by atoms with Crippen LogP contribution in [-0.2, 0) is 11.2 Å². The lowest BCUT2D eigenvalue weighted by Crippen LogP contribution is -2.27. The molecule has 0 aliphatic carbocycles. The highest BCUT2D eigenvalue weighted by molar-refractivity contribution is 5.79. The summed E-state index contributed by atoms with van der Waals surface area (Å²) in [6.07, 6.45) is 1.26. The zero-order chi connectivity index (χ0) is 15.6. The molecule has 2 rings (SSSR count). The fourth-order valence-electron chi connectivity index (χ4n) is 2.20. The number of nitrogens with two attached hydrogens (primary N) is 1. The molecule has 0 fully saturated rings. The molecular weight excluding hydrogens is 268 g/mol. The summed E-state index contributed by atoms with van der Waals surface area (Å²) in [4.78, 5) is 20.4. The Morgan fingerprint density at radius 2 is 2.05 bits per heavy atom. The molecule has 0 spiro atoms. The minimum Gasteiger partial charge on any atom is -0.366 e. The molecule has 0 aromatic carbocycles. The normalized spacial score (nSPS) is 11.3. The smallest absolute Gasteiger partial charge is 0.254 e. The molecule has 0 saturated carbocycles. The van der Waals surface area contributed by atoms with Gasteiger partial charge in [-0.3, -0.25) is 4.79 Å². The molecule has 0 aliphatic heterocycles. The molecule has 7 nitrogen and oxygen atoms in total. The van der Waals surface area contributed by atoms with Gasteiger partial charge in [0.15, 0.2) is 0 Å². The molecule has 2 aromatic heterocycles. The van der Waals surface area contributed by atoms with Crippen LogP contribution in [0.2, 0.25) is 0 Å².